The third kappa shape index (κ3) is 4.84. The van der Waals surface area contributed by atoms with E-state index in [1.165, 1.54) is 7.11 Å². The summed E-state index contributed by atoms with van der Waals surface area (Å²) in [6.45, 7) is 5.27. The molecule has 2 aromatic carbocycles. The smallest absolute Gasteiger partial charge is 0.337 e. The summed E-state index contributed by atoms with van der Waals surface area (Å²) < 4.78 is 4.84. The van der Waals surface area contributed by atoms with E-state index in [1.54, 1.807) is 18.2 Å². The molecule has 0 bridgehead atoms. The Hall–Kier alpha value is -3.81. The zero-order valence-electron chi connectivity index (χ0n) is 19.0. The zero-order valence-corrected chi connectivity index (χ0v) is 19.0. The summed E-state index contributed by atoms with van der Waals surface area (Å²) >= 11 is 0. The molecule has 0 saturated carbocycles. The Labute approximate surface area is 192 Å². The maximum atomic E-state index is 13.1. The SMILES string of the molecule is COC(=O)c1ccc2[nH]c3c(c2c1)CN(C(=O)c1ccc(CNC(=O)NC(C)C)cc1)CC3. The second-order valence-electron chi connectivity index (χ2n) is 8.49. The highest BCUT2D eigenvalue weighted by Crippen LogP contribution is 2.29. The molecule has 4 rings (SSSR count). The highest BCUT2D eigenvalue weighted by atomic mass is 16.5. The Balaban J connectivity index is 1.46. The molecule has 1 aromatic heterocycles. The largest absolute Gasteiger partial charge is 0.465 e. The van der Waals surface area contributed by atoms with Crippen molar-refractivity contribution in [3.05, 3.63) is 70.4 Å². The molecule has 1 aliphatic heterocycles. The molecule has 0 saturated heterocycles. The van der Waals surface area contributed by atoms with E-state index in [4.69, 9.17) is 4.74 Å². The summed E-state index contributed by atoms with van der Waals surface area (Å²) in [6.07, 6.45) is 0.719. The molecule has 0 spiro atoms. The average Bonchev–Trinajstić information content (AvgIpc) is 3.18. The molecule has 3 N–H and O–H groups in total. The number of H-pyrrole nitrogens is 1. The first-order valence-corrected chi connectivity index (χ1v) is 11.0. The Morgan fingerprint density at radius 3 is 2.52 bits per heavy atom. The maximum Gasteiger partial charge on any atom is 0.337 e. The van der Waals surface area contributed by atoms with E-state index in [9.17, 15) is 14.4 Å². The number of rotatable bonds is 5. The normalized spacial score (nSPS) is 13.0. The van der Waals surface area contributed by atoms with Crippen LogP contribution in [0.4, 0.5) is 4.79 Å². The lowest BCUT2D eigenvalue weighted by molar-refractivity contribution is 0.0600. The van der Waals surface area contributed by atoms with E-state index in [-0.39, 0.29) is 23.9 Å². The first-order valence-electron chi connectivity index (χ1n) is 11.0. The minimum Gasteiger partial charge on any atom is -0.465 e. The van der Waals surface area contributed by atoms with Gasteiger partial charge in [-0.3, -0.25) is 4.79 Å². The maximum absolute atomic E-state index is 13.1. The third-order valence-corrected chi connectivity index (χ3v) is 5.76. The van der Waals surface area contributed by atoms with Crippen molar-refractivity contribution in [2.75, 3.05) is 13.7 Å². The minimum atomic E-state index is -0.383. The Morgan fingerprint density at radius 2 is 1.82 bits per heavy atom. The van der Waals surface area contributed by atoms with Crippen molar-refractivity contribution in [3.8, 4) is 0 Å². The van der Waals surface area contributed by atoms with Crippen molar-refractivity contribution in [1.82, 2.24) is 20.5 Å². The van der Waals surface area contributed by atoms with Crippen molar-refractivity contribution < 1.29 is 19.1 Å². The molecule has 8 heteroatoms. The van der Waals surface area contributed by atoms with Crippen LogP contribution in [0.5, 0.6) is 0 Å². The van der Waals surface area contributed by atoms with E-state index >= 15 is 0 Å². The van der Waals surface area contributed by atoms with E-state index in [0.717, 1.165) is 34.1 Å². The first kappa shape index (κ1) is 22.4. The fraction of sp³-hybridized carbons (Fsp3) is 0.320. The molecule has 3 aromatic rings. The first-order chi connectivity index (χ1) is 15.9. The number of fused-ring (bicyclic) bond motifs is 3. The fourth-order valence-electron chi connectivity index (χ4n) is 4.08. The number of urea groups is 1. The number of methoxy groups -OCH3 is 1. The summed E-state index contributed by atoms with van der Waals surface area (Å²) in [4.78, 5) is 42.1. The lowest BCUT2D eigenvalue weighted by atomic mass is 10.0. The van der Waals surface area contributed by atoms with Gasteiger partial charge in [0.1, 0.15) is 0 Å². The highest BCUT2D eigenvalue weighted by molar-refractivity contribution is 5.97. The Bertz CT molecular complexity index is 1200. The van der Waals surface area contributed by atoms with Crippen LogP contribution >= 0.6 is 0 Å². The molecule has 3 amide bonds. The lowest BCUT2D eigenvalue weighted by Gasteiger charge is -2.27. The van der Waals surface area contributed by atoms with Gasteiger partial charge in [-0.2, -0.15) is 0 Å². The Morgan fingerprint density at radius 1 is 1.09 bits per heavy atom. The highest BCUT2D eigenvalue weighted by Gasteiger charge is 2.25. The number of nitrogens with zero attached hydrogens (tertiary/aromatic N) is 1. The number of esters is 1. The summed E-state index contributed by atoms with van der Waals surface area (Å²) in [5.41, 5.74) is 5.08. The zero-order chi connectivity index (χ0) is 23.5. The molecule has 0 radical (unpaired) electrons. The number of nitrogens with one attached hydrogen (secondary N) is 3. The molecular weight excluding hydrogens is 420 g/mol. The average molecular weight is 449 g/mol. The third-order valence-electron chi connectivity index (χ3n) is 5.76. The van der Waals surface area contributed by atoms with E-state index < -0.39 is 0 Å². The van der Waals surface area contributed by atoms with Gasteiger partial charge in [0.05, 0.1) is 12.7 Å². The predicted octanol–water partition coefficient (Wildman–Crippen LogP) is 3.36. The second kappa shape index (κ2) is 9.36. The monoisotopic (exact) mass is 448 g/mol. The Kier molecular flexibility index (Phi) is 6.35. The summed E-state index contributed by atoms with van der Waals surface area (Å²) in [5.74, 6) is -0.428. The van der Waals surface area contributed by atoms with Gasteiger partial charge in [-0.05, 0) is 49.7 Å². The van der Waals surface area contributed by atoms with Gasteiger partial charge < -0.3 is 25.3 Å². The molecule has 0 atom stereocenters. The van der Waals surface area contributed by atoms with Gasteiger partial charge in [0, 0.05) is 59.8 Å². The van der Waals surface area contributed by atoms with Crippen LogP contribution in [0, 0.1) is 0 Å². The molecule has 0 fully saturated rings. The van der Waals surface area contributed by atoms with Crippen LogP contribution in [0.1, 0.15) is 51.4 Å². The molecule has 2 heterocycles. The lowest BCUT2D eigenvalue weighted by Crippen LogP contribution is -2.39. The molecule has 1 aliphatic rings. The van der Waals surface area contributed by atoms with Crippen molar-refractivity contribution in [3.63, 3.8) is 0 Å². The number of ether oxygens (including phenoxy) is 1. The van der Waals surface area contributed by atoms with Gasteiger partial charge in [-0.15, -0.1) is 0 Å². The number of hydrogen-bond donors (Lipinski definition) is 3. The van der Waals surface area contributed by atoms with E-state index in [0.29, 0.717) is 30.8 Å². The minimum absolute atomic E-state index is 0.0452. The van der Waals surface area contributed by atoms with Crippen molar-refractivity contribution in [2.24, 2.45) is 0 Å². The number of carbonyl (C=O) groups is 3. The number of benzene rings is 2. The second-order valence-corrected chi connectivity index (χ2v) is 8.49. The van der Waals surface area contributed by atoms with Gasteiger partial charge in [0.15, 0.2) is 0 Å². The number of aromatic amines is 1. The summed E-state index contributed by atoms with van der Waals surface area (Å²) in [5, 5.41) is 6.52. The van der Waals surface area contributed by atoms with Crippen LogP contribution < -0.4 is 10.6 Å². The standard InChI is InChI=1S/C25H28N4O4/c1-15(2)27-25(32)26-13-16-4-6-17(7-5-16)23(30)29-11-10-22-20(14-29)19-12-18(24(31)33-3)8-9-21(19)28-22/h4-9,12,15,28H,10-11,13-14H2,1-3H3,(H2,26,27,32). The van der Waals surface area contributed by atoms with Crippen molar-refractivity contribution >= 4 is 28.8 Å². The van der Waals surface area contributed by atoms with Crippen LogP contribution in [0.2, 0.25) is 0 Å². The number of hydrogen-bond acceptors (Lipinski definition) is 4. The number of aromatic nitrogens is 1. The molecule has 8 nitrogen and oxygen atoms in total. The number of amides is 3. The molecule has 172 valence electrons. The van der Waals surface area contributed by atoms with Crippen LogP contribution in [0.3, 0.4) is 0 Å². The molecule has 33 heavy (non-hydrogen) atoms. The van der Waals surface area contributed by atoms with Crippen LogP contribution in [0.15, 0.2) is 42.5 Å². The van der Waals surface area contributed by atoms with Crippen molar-refractivity contribution in [1.29, 1.82) is 0 Å². The van der Waals surface area contributed by atoms with Gasteiger partial charge in [-0.1, -0.05) is 12.1 Å². The van der Waals surface area contributed by atoms with Crippen LogP contribution in [0.25, 0.3) is 10.9 Å². The van der Waals surface area contributed by atoms with Gasteiger partial charge >= 0.3 is 12.0 Å². The summed E-state index contributed by atoms with van der Waals surface area (Å²) in [7, 11) is 1.36. The van der Waals surface area contributed by atoms with Gasteiger partial charge in [-0.25, -0.2) is 9.59 Å². The molecule has 0 aliphatic carbocycles. The van der Waals surface area contributed by atoms with Crippen LogP contribution in [-0.4, -0.2) is 47.5 Å². The quantitative estimate of drug-likeness (QED) is 0.521. The predicted molar refractivity (Wildman–Crippen MR) is 125 cm³/mol. The molecular formula is C25H28N4O4. The summed E-state index contributed by atoms with van der Waals surface area (Å²) in [6, 6.07) is 12.6. The van der Waals surface area contributed by atoms with Crippen molar-refractivity contribution in [2.45, 2.75) is 39.4 Å². The molecule has 0 unspecified atom stereocenters. The van der Waals surface area contributed by atoms with E-state index in [1.807, 2.05) is 43.0 Å². The van der Waals surface area contributed by atoms with Crippen LogP contribution in [-0.2, 0) is 24.2 Å². The topological polar surface area (TPSA) is 104 Å². The van der Waals surface area contributed by atoms with E-state index in [2.05, 4.69) is 15.6 Å². The van der Waals surface area contributed by atoms with Gasteiger partial charge in [0.25, 0.3) is 5.91 Å². The fourth-order valence-corrected chi connectivity index (χ4v) is 4.08. The number of carbonyl (C=O) groups excluding carboxylic acids is 3. The van der Waals surface area contributed by atoms with Gasteiger partial charge in [0.2, 0.25) is 0 Å².